The number of thiazole rings is 1. The molecule has 2 fully saturated rings. The number of morpholine rings is 1. The summed E-state index contributed by atoms with van der Waals surface area (Å²) in [5, 5.41) is 6.78. The second-order valence-electron chi connectivity index (χ2n) is 9.11. The number of ether oxygens (including phenoxy) is 1. The van der Waals surface area contributed by atoms with Crippen molar-refractivity contribution in [1.82, 2.24) is 20.1 Å². The van der Waals surface area contributed by atoms with Crippen molar-refractivity contribution >= 4 is 17.3 Å². The molecule has 2 aliphatic rings. The zero-order chi connectivity index (χ0) is 21.1. The molecule has 0 bridgehead atoms. The van der Waals surface area contributed by atoms with E-state index in [1.165, 1.54) is 5.56 Å². The molecule has 1 aromatic heterocycles. The molecule has 6 nitrogen and oxygen atoms in total. The Bertz CT molecular complexity index is 860. The van der Waals surface area contributed by atoms with Gasteiger partial charge in [-0.3, -0.25) is 9.89 Å². The third-order valence-corrected chi connectivity index (χ3v) is 6.72. The van der Waals surface area contributed by atoms with Crippen LogP contribution in [0.15, 0.2) is 40.7 Å². The third-order valence-electron chi connectivity index (χ3n) is 5.87. The Labute approximate surface area is 184 Å². The van der Waals surface area contributed by atoms with Crippen LogP contribution in [0.1, 0.15) is 37.0 Å². The summed E-state index contributed by atoms with van der Waals surface area (Å²) in [6.45, 7) is 11.9. The molecule has 2 atom stereocenters. The summed E-state index contributed by atoms with van der Waals surface area (Å²) in [6, 6.07) is 11.1. The highest BCUT2D eigenvalue weighted by molar-refractivity contribution is 7.09. The Kier molecular flexibility index (Phi) is 6.41. The fraction of sp³-hybridized carbons (Fsp3) is 0.565. The maximum absolute atomic E-state index is 6.12. The standard InChI is InChI=1S/C23H33N5OS/c1-23(2,3)20-16-30-21(26-20)12-25-22(24-4)28-14-18-19(15-28)29-11-10-27(18)13-17-8-6-5-7-9-17/h5-9,16,18-19H,10-15H2,1-4H3,(H,24,25). The summed E-state index contributed by atoms with van der Waals surface area (Å²) in [4.78, 5) is 14.2. The van der Waals surface area contributed by atoms with E-state index in [2.05, 4.69) is 76.6 Å². The number of hydrogen-bond acceptors (Lipinski definition) is 5. The first kappa shape index (κ1) is 21.3. The largest absolute Gasteiger partial charge is 0.373 e. The summed E-state index contributed by atoms with van der Waals surface area (Å²) in [5.41, 5.74) is 2.59. The molecular formula is C23H33N5OS. The summed E-state index contributed by atoms with van der Waals surface area (Å²) in [6.07, 6.45) is 0.230. The van der Waals surface area contributed by atoms with E-state index in [4.69, 9.17) is 9.72 Å². The van der Waals surface area contributed by atoms with Gasteiger partial charge in [-0.15, -0.1) is 11.3 Å². The average molecular weight is 428 g/mol. The fourth-order valence-electron chi connectivity index (χ4n) is 4.17. The lowest BCUT2D eigenvalue weighted by molar-refractivity contribution is -0.0502. The number of likely N-dealkylation sites (tertiary alicyclic amines) is 1. The minimum absolute atomic E-state index is 0.0840. The first-order valence-corrected chi connectivity index (χ1v) is 11.6. The van der Waals surface area contributed by atoms with Crippen molar-refractivity contribution in [1.29, 1.82) is 0 Å². The van der Waals surface area contributed by atoms with Gasteiger partial charge in [0, 0.05) is 44.0 Å². The molecule has 0 aliphatic carbocycles. The Hall–Kier alpha value is -1.96. The van der Waals surface area contributed by atoms with Gasteiger partial charge in [-0.2, -0.15) is 0 Å². The monoisotopic (exact) mass is 427 g/mol. The van der Waals surface area contributed by atoms with Crippen LogP contribution in [0.4, 0.5) is 0 Å². The highest BCUT2D eigenvalue weighted by Gasteiger charge is 2.41. The molecule has 4 rings (SSSR count). The van der Waals surface area contributed by atoms with Gasteiger partial charge in [0.25, 0.3) is 0 Å². The SMILES string of the molecule is CN=C(NCc1nc(C(C)(C)C)cs1)N1CC2OCCN(Cc3ccccc3)C2C1. The van der Waals surface area contributed by atoms with E-state index in [0.29, 0.717) is 12.6 Å². The van der Waals surface area contributed by atoms with Gasteiger partial charge in [0.2, 0.25) is 0 Å². The number of nitrogens with one attached hydrogen (secondary N) is 1. The smallest absolute Gasteiger partial charge is 0.194 e. The van der Waals surface area contributed by atoms with E-state index in [1.807, 2.05) is 7.05 Å². The van der Waals surface area contributed by atoms with Gasteiger partial charge in [-0.25, -0.2) is 4.98 Å². The van der Waals surface area contributed by atoms with Gasteiger partial charge < -0.3 is 15.0 Å². The summed E-state index contributed by atoms with van der Waals surface area (Å²) in [7, 11) is 1.86. The Morgan fingerprint density at radius 1 is 1.27 bits per heavy atom. The van der Waals surface area contributed by atoms with Gasteiger partial charge in [0.15, 0.2) is 5.96 Å². The van der Waals surface area contributed by atoms with Crippen LogP contribution in [-0.2, 0) is 23.2 Å². The second-order valence-corrected chi connectivity index (χ2v) is 10.1. The third kappa shape index (κ3) is 4.85. The lowest BCUT2D eigenvalue weighted by atomic mass is 9.93. The van der Waals surface area contributed by atoms with Crippen molar-refractivity contribution in [2.75, 3.05) is 33.3 Å². The molecule has 2 saturated heterocycles. The van der Waals surface area contributed by atoms with Gasteiger partial charge in [-0.1, -0.05) is 51.1 Å². The number of nitrogens with zero attached hydrogens (tertiary/aromatic N) is 4. The highest BCUT2D eigenvalue weighted by Crippen LogP contribution is 2.26. The first-order valence-electron chi connectivity index (χ1n) is 10.7. The van der Waals surface area contributed by atoms with Gasteiger partial charge >= 0.3 is 0 Å². The molecule has 162 valence electrons. The van der Waals surface area contributed by atoms with Crippen LogP contribution in [0.3, 0.4) is 0 Å². The topological polar surface area (TPSA) is 53.0 Å². The van der Waals surface area contributed by atoms with E-state index >= 15 is 0 Å². The molecule has 1 N–H and O–H groups in total. The molecule has 2 aliphatic heterocycles. The van der Waals surface area contributed by atoms with E-state index in [-0.39, 0.29) is 11.5 Å². The minimum Gasteiger partial charge on any atom is -0.373 e. The van der Waals surface area contributed by atoms with Crippen LogP contribution in [0.5, 0.6) is 0 Å². The number of rotatable bonds is 4. The zero-order valence-electron chi connectivity index (χ0n) is 18.5. The number of hydrogen-bond donors (Lipinski definition) is 1. The van der Waals surface area contributed by atoms with E-state index in [0.717, 1.165) is 49.4 Å². The number of guanidine groups is 1. The normalized spacial score (nSPS) is 22.9. The summed E-state index contributed by atoms with van der Waals surface area (Å²) < 4.78 is 6.12. The molecule has 2 unspecified atom stereocenters. The second kappa shape index (κ2) is 9.04. The maximum Gasteiger partial charge on any atom is 0.194 e. The predicted octanol–water partition coefficient (Wildman–Crippen LogP) is 3.10. The van der Waals surface area contributed by atoms with E-state index < -0.39 is 0 Å². The number of aromatic nitrogens is 1. The number of fused-ring (bicyclic) bond motifs is 1. The quantitative estimate of drug-likeness (QED) is 0.600. The van der Waals surface area contributed by atoms with E-state index in [9.17, 15) is 0 Å². The zero-order valence-corrected chi connectivity index (χ0v) is 19.3. The lowest BCUT2D eigenvalue weighted by Crippen LogP contribution is -2.50. The molecule has 0 amide bonds. The predicted molar refractivity (Wildman–Crippen MR) is 123 cm³/mol. The maximum atomic E-state index is 6.12. The summed E-state index contributed by atoms with van der Waals surface area (Å²) >= 11 is 1.71. The molecule has 2 aromatic rings. The molecule has 0 saturated carbocycles. The molecule has 7 heteroatoms. The minimum atomic E-state index is 0.0840. The lowest BCUT2D eigenvalue weighted by Gasteiger charge is -2.36. The van der Waals surface area contributed by atoms with Crippen LogP contribution in [-0.4, -0.2) is 66.2 Å². The number of benzene rings is 1. The molecule has 3 heterocycles. The van der Waals surface area contributed by atoms with Gasteiger partial charge in [0.1, 0.15) is 5.01 Å². The highest BCUT2D eigenvalue weighted by atomic mass is 32.1. The van der Waals surface area contributed by atoms with Crippen LogP contribution in [0.25, 0.3) is 0 Å². The van der Waals surface area contributed by atoms with Gasteiger partial charge in [0.05, 0.1) is 31.0 Å². The van der Waals surface area contributed by atoms with Crippen LogP contribution in [0, 0.1) is 0 Å². The van der Waals surface area contributed by atoms with Crippen molar-refractivity contribution < 1.29 is 4.74 Å². The first-order chi connectivity index (χ1) is 14.4. The molecule has 0 spiro atoms. The van der Waals surface area contributed by atoms with Crippen LogP contribution >= 0.6 is 11.3 Å². The van der Waals surface area contributed by atoms with Crippen LogP contribution in [0.2, 0.25) is 0 Å². The van der Waals surface area contributed by atoms with E-state index in [1.54, 1.807) is 11.3 Å². The number of aliphatic imine (C=N–C) groups is 1. The van der Waals surface area contributed by atoms with Crippen LogP contribution < -0.4 is 5.32 Å². The fourth-order valence-corrected chi connectivity index (χ4v) is 5.13. The Morgan fingerprint density at radius 3 is 2.77 bits per heavy atom. The molecule has 0 radical (unpaired) electrons. The summed E-state index contributed by atoms with van der Waals surface area (Å²) in [5.74, 6) is 0.931. The Morgan fingerprint density at radius 2 is 2.07 bits per heavy atom. The average Bonchev–Trinajstić information content (AvgIpc) is 3.37. The Balaban J connectivity index is 1.37. The van der Waals surface area contributed by atoms with Crippen molar-refractivity contribution in [3.8, 4) is 0 Å². The van der Waals surface area contributed by atoms with Crippen molar-refractivity contribution in [2.45, 2.75) is 51.4 Å². The van der Waals surface area contributed by atoms with Crippen molar-refractivity contribution in [2.24, 2.45) is 4.99 Å². The molecule has 30 heavy (non-hydrogen) atoms. The van der Waals surface area contributed by atoms with Crippen molar-refractivity contribution in [3.63, 3.8) is 0 Å². The molecule has 1 aromatic carbocycles. The molecular weight excluding hydrogens is 394 g/mol. The van der Waals surface area contributed by atoms with Crippen molar-refractivity contribution in [3.05, 3.63) is 52.0 Å². The van der Waals surface area contributed by atoms with Gasteiger partial charge in [-0.05, 0) is 5.56 Å².